The molecule has 0 aromatic heterocycles. The minimum Gasteiger partial charge on any atom is -0.458 e. The average molecular weight is 399 g/mol. The minimum atomic E-state index is -2.76. The standard InChI is InChI=1S/C24H27F2NO2/c1-23(2,3)29-22(28)21(19-14-15-24(25,26)16-19)27-20(17-10-6-4-7-11-17)18-12-8-5-9-13-18/h4-13,19,21H,14-16H2,1-3H3/t19?,21-/m0/s1. The number of alkyl halides is 2. The van der Waals surface area contributed by atoms with E-state index in [1.54, 1.807) is 20.8 Å². The topological polar surface area (TPSA) is 38.7 Å². The Morgan fingerprint density at radius 2 is 1.55 bits per heavy atom. The van der Waals surface area contributed by atoms with Crippen LogP contribution < -0.4 is 0 Å². The average Bonchev–Trinajstić information content (AvgIpc) is 3.02. The summed E-state index contributed by atoms with van der Waals surface area (Å²) >= 11 is 0. The molecule has 0 N–H and O–H groups in total. The van der Waals surface area contributed by atoms with Gasteiger partial charge >= 0.3 is 5.97 Å². The smallest absolute Gasteiger partial charge is 0.331 e. The summed E-state index contributed by atoms with van der Waals surface area (Å²) in [7, 11) is 0. The van der Waals surface area contributed by atoms with Crippen LogP contribution in [0.2, 0.25) is 0 Å². The maximum atomic E-state index is 13.9. The predicted octanol–water partition coefficient (Wildman–Crippen LogP) is 5.67. The van der Waals surface area contributed by atoms with Gasteiger partial charge in [-0.25, -0.2) is 13.6 Å². The van der Waals surface area contributed by atoms with Crippen molar-refractivity contribution in [1.29, 1.82) is 0 Å². The molecule has 1 aliphatic rings. The number of rotatable bonds is 5. The molecule has 0 bridgehead atoms. The highest BCUT2D eigenvalue weighted by atomic mass is 19.3. The molecule has 0 spiro atoms. The van der Waals surface area contributed by atoms with Crippen LogP contribution in [0.1, 0.15) is 51.2 Å². The van der Waals surface area contributed by atoms with E-state index in [-0.39, 0.29) is 19.3 Å². The quantitative estimate of drug-likeness (QED) is 0.480. The van der Waals surface area contributed by atoms with Gasteiger partial charge in [0.1, 0.15) is 5.60 Å². The number of carbonyl (C=O) groups excluding carboxylic acids is 1. The third-order valence-corrected chi connectivity index (χ3v) is 4.90. The van der Waals surface area contributed by atoms with E-state index in [0.29, 0.717) is 5.71 Å². The van der Waals surface area contributed by atoms with Crippen molar-refractivity contribution in [3.05, 3.63) is 71.8 Å². The summed E-state index contributed by atoms with van der Waals surface area (Å²) in [4.78, 5) is 17.7. The van der Waals surface area contributed by atoms with Crippen molar-refractivity contribution >= 4 is 11.7 Å². The fraction of sp³-hybridized carbons (Fsp3) is 0.417. The molecule has 2 aromatic rings. The van der Waals surface area contributed by atoms with E-state index < -0.39 is 29.5 Å². The SMILES string of the molecule is CC(C)(C)OC(=O)[C@@H](N=C(c1ccccc1)c1ccccc1)C1CCC(F)(F)C1. The highest BCUT2D eigenvalue weighted by Crippen LogP contribution is 2.42. The summed E-state index contributed by atoms with van der Waals surface area (Å²) < 4.78 is 33.4. The van der Waals surface area contributed by atoms with Gasteiger partial charge < -0.3 is 4.74 Å². The summed E-state index contributed by atoms with van der Waals surface area (Å²) in [6.45, 7) is 5.30. The monoisotopic (exact) mass is 399 g/mol. The van der Waals surface area contributed by atoms with Crippen molar-refractivity contribution in [2.45, 2.75) is 57.6 Å². The van der Waals surface area contributed by atoms with Gasteiger partial charge in [-0.1, -0.05) is 60.7 Å². The molecule has 0 heterocycles. The summed E-state index contributed by atoms with van der Waals surface area (Å²) in [6, 6.07) is 18.0. The fourth-order valence-corrected chi connectivity index (χ4v) is 3.61. The lowest BCUT2D eigenvalue weighted by Crippen LogP contribution is -2.36. The van der Waals surface area contributed by atoms with Crippen LogP contribution in [0.5, 0.6) is 0 Å². The Morgan fingerprint density at radius 1 is 1.03 bits per heavy atom. The Morgan fingerprint density at radius 3 is 1.97 bits per heavy atom. The second-order valence-electron chi connectivity index (χ2n) is 8.55. The van der Waals surface area contributed by atoms with Gasteiger partial charge in [-0.3, -0.25) is 4.99 Å². The number of aliphatic imine (C=N–C) groups is 1. The first-order valence-electron chi connectivity index (χ1n) is 9.94. The maximum Gasteiger partial charge on any atom is 0.331 e. The molecule has 2 aromatic carbocycles. The van der Waals surface area contributed by atoms with Gasteiger partial charge in [0.15, 0.2) is 6.04 Å². The first-order valence-corrected chi connectivity index (χ1v) is 9.94. The molecule has 154 valence electrons. The molecule has 1 unspecified atom stereocenters. The van der Waals surface area contributed by atoms with Crippen LogP contribution in [0.3, 0.4) is 0 Å². The Balaban J connectivity index is 2.06. The number of ether oxygens (including phenoxy) is 1. The van der Waals surface area contributed by atoms with E-state index in [2.05, 4.69) is 0 Å². The zero-order chi connectivity index (χ0) is 21.1. The number of carbonyl (C=O) groups is 1. The zero-order valence-corrected chi connectivity index (χ0v) is 17.1. The molecule has 3 rings (SSSR count). The van der Waals surface area contributed by atoms with Crippen molar-refractivity contribution in [2.75, 3.05) is 0 Å². The van der Waals surface area contributed by atoms with Crippen LogP contribution in [0.4, 0.5) is 8.78 Å². The number of benzene rings is 2. The van der Waals surface area contributed by atoms with Crippen molar-refractivity contribution in [1.82, 2.24) is 0 Å². The molecule has 0 radical (unpaired) electrons. The lowest BCUT2D eigenvalue weighted by atomic mass is 9.96. The zero-order valence-electron chi connectivity index (χ0n) is 17.1. The highest BCUT2D eigenvalue weighted by molar-refractivity contribution is 6.13. The van der Waals surface area contributed by atoms with Gasteiger partial charge in [0.25, 0.3) is 0 Å². The van der Waals surface area contributed by atoms with E-state index in [9.17, 15) is 13.6 Å². The molecule has 0 aliphatic heterocycles. The molecular weight excluding hydrogens is 372 g/mol. The third-order valence-electron chi connectivity index (χ3n) is 4.90. The molecule has 1 fully saturated rings. The molecule has 0 saturated heterocycles. The Bertz CT molecular complexity index is 816. The van der Waals surface area contributed by atoms with Crippen LogP contribution in [0.15, 0.2) is 65.7 Å². The third kappa shape index (κ3) is 5.72. The normalized spacial score (nSPS) is 19.4. The van der Waals surface area contributed by atoms with Gasteiger partial charge in [0, 0.05) is 24.0 Å². The van der Waals surface area contributed by atoms with Crippen molar-refractivity contribution in [3.8, 4) is 0 Å². The highest BCUT2D eigenvalue weighted by Gasteiger charge is 2.45. The van der Waals surface area contributed by atoms with Gasteiger partial charge in [-0.2, -0.15) is 0 Å². The minimum absolute atomic E-state index is 0.224. The van der Waals surface area contributed by atoms with Gasteiger partial charge in [0.2, 0.25) is 5.92 Å². The van der Waals surface area contributed by atoms with Gasteiger partial charge in [-0.05, 0) is 33.1 Å². The van der Waals surface area contributed by atoms with E-state index in [4.69, 9.17) is 9.73 Å². The van der Waals surface area contributed by atoms with E-state index in [1.165, 1.54) is 0 Å². The van der Waals surface area contributed by atoms with Crippen LogP contribution >= 0.6 is 0 Å². The largest absolute Gasteiger partial charge is 0.458 e. The fourth-order valence-electron chi connectivity index (χ4n) is 3.61. The maximum absolute atomic E-state index is 13.9. The van der Waals surface area contributed by atoms with Crippen molar-refractivity contribution in [2.24, 2.45) is 10.9 Å². The van der Waals surface area contributed by atoms with Crippen LogP contribution in [0.25, 0.3) is 0 Å². The Labute approximate surface area is 170 Å². The summed E-state index contributed by atoms with van der Waals surface area (Å²) in [5, 5.41) is 0. The molecule has 1 aliphatic carbocycles. The molecule has 2 atom stereocenters. The molecule has 1 saturated carbocycles. The number of hydrogen-bond donors (Lipinski definition) is 0. The van der Waals surface area contributed by atoms with Crippen LogP contribution in [0, 0.1) is 5.92 Å². The van der Waals surface area contributed by atoms with Crippen molar-refractivity contribution in [3.63, 3.8) is 0 Å². The van der Waals surface area contributed by atoms with E-state index >= 15 is 0 Å². The lowest BCUT2D eigenvalue weighted by Gasteiger charge is -2.26. The molecule has 29 heavy (non-hydrogen) atoms. The number of halogens is 2. The number of esters is 1. The molecule has 3 nitrogen and oxygen atoms in total. The van der Waals surface area contributed by atoms with E-state index in [1.807, 2.05) is 60.7 Å². The Hall–Kier alpha value is -2.56. The van der Waals surface area contributed by atoms with Gasteiger partial charge in [0.05, 0.1) is 5.71 Å². The summed E-state index contributed by atoms with van der Waals surface area (Å²) in [5.41, 5.74) is 1.55. The first-order chi connectivity index (χ1) is 13.6. The van der Waals surface area contributed by atoms with E-state index in [0.717, 1.165) is 11.1 Å². The molecule has 5 heteroatoms. The summed E-state index contributed by atoms with van der Waals surface area (Å²) in [5.74, 6) is -3.87. The van der Waals surface area contributed by atoms with Gasteiger partial charge in [-0.15, -0.1) is 0 Å². The number of nitrogens with zero attached hydrogens (tertiary/aromatic N) is 1. The molecule has 0 amide bonds. The number of hydrogen-bond acceptors (Lipinski definition) is 3. The Kier molecular flexibility index (Phi) is 6.15. The predicted molar refractivity (Wildman–Crippen MR) is 110 cm³/mol. The molecular formula is C24H27F2NO2. The second kappa shape index (κ2) is 8.44. The van der Waals surface area contributed by atoms with Crippen molar-refractivity contribution < 1.29 is 18.3 Å². The first kappa shape index (κ1) is 21.2. The second-order valence-corrected chi connectivity index (χ2v) is 8.55. The summed E-state index contributed by atoms with van der Waals surface area (Å²) in [6.07, 6.45) is -0.326. The lowest BCUT2D eigenvalue weighted by molar-refractivity contribution is -0.157. The van der Waals surface area contributed by atoms with Crippen LogP contribution in [-0.2, 0) is 9.53 Å². The van der Waals surface area contributed by atoms with Crippen LogP contribution in [-0.4, -0.2) is 29.2 Å².